The summed E-state index contributed by atoms with van der Waals surface area (Å²) in [5, 5.41) is 6.08. The van der Waals surface area contributed by atoms with Gasteiger partial charge < -0.3 is 20.1 Å². The second-order valence-corrected chi connectivity index (χ2v) is 7.71. The van der Waals surface area contributed by atoms with Gasteiger partial charge in [-0.3, -0.25) is 9.59 Å². The zero-order valence-electron chi connectivity index (χ0n) is 17.5. The van der Waals surface area contributed by atoms with Crippen LogP contribution in [0.25, 0.3) is 0 Å². The van der Waals surface area contributed by atoms with Crippen molar-refractivity contribution >= 4 is 23.4 Å². The summed E-state index contributed by atoms with van der Waals surface area (Å²) in [7, 11) is 0. The molecule has 0 unspecified atom stereocenters. The van der Waals surface area contributed by atoms with Gasteiger partial charge in [-0.05, 0) is 38.3 Å². The van der Waals surface area contributed by atoms with Crippen LogP contribution in [0, 0.1) is 5.92 Å². The van der Waals surface area contributed by atoms with Crippen molar-refractivity contribution in [3.8, 4) is 11.5 Å². The Morgan fingerprint density at radius 2 is 1.79 bits per heavy atom. The summed E-state index contributed by atoms with van der Waals surface area (Å²) in [6, 6.07) is 3.23. The van der Waals surface area contributed by atoms with Gasteiger partial charge in [-0.15, -0.1) is 0 Å². The van der Waals surface area contributed by atoms with E-state index in [9.17, 15) is 9.59 Å². The van der Waals surface area contributed by atoms with Crippen LogP contribution in [-0.4, -0.2) is 38.1 Å². The summed E-state index contributed by atoms with van der Waals surface area (Å²) < 4.78 is 11.4. The lowest BCUT2D eigenvalue weighted by Gasteiger charge is -2.20. The van der Waals surface area contributed by atoms with E-state index in [1.807, 2.05) is 6.92 Å². The molecule has 2 rings (SSSR count). The molecule has 1 fully saturated rings. The molecular weight excluding hydrogens is 392 g/mol. The number of halogens is 1. The summed E-state index contributed by atoms with van der Waals surface area (Å²) in [6.45, 7) is 5.70. The number of hydrogen-bond acceptors (Lipinski definition) is 4. The number of ether oxygens (including phenoxy) is 2. The Hall–Kier alpha value is -1.95. The molecule has 0 aliphatic heterocycles. The molecule has 29 heavy (non-hydrogen) atoms. The van der Waals surface area contributed by atoms with Crippen molar-refractivity contribution in [2.45, 2.75) is 58.8 Å². The maximum Gasteiger partial charge on any atom is 0.251 e. The minimum atomic E-state index is -0.264. The Morgan fingerprint density at radius 1 is 1.07 bits per heavy atom. The first kappa shape index (κ1) is 23.3. The topological polar surface area (TPSA) is 76.7 Å². The number of unbranched alkanes of at least 4 members (excludes halogenated alkanes) is 1. The Balaban J connectivity index is 1.87. The van der Waals surface area contributed by atoms with Crippen LogP contribution in [0.5, 0.6) is 11.5 Å². The molecule has 1 aliphatic rings. The zero-order chi connectivity index (χ0) is 21.1. The Kier molecular flexibility index (Phi) is 10.1. The normalized spacial score (nSPS) is 14.3. The fourth-order valence-corrected chi connectivity index (χ4v) is 3.66. The van der Waals surface area contributed by atoms with Crippen molar-refractivity contribution in [1.82, 2.24) is 10.6 Å². The summed E-state index contributed by atoms with van der Waals surface area (Å²) in [5.74, 6) is 0.881. The highest BCUT2D eigenvalue weighted by Crippen LogP contribution is 2.36. The van der Waals surface area contributed by atoms with Gasteiger partial charge in [0.2, 0.25) is 5.91 Å². The molecule has 2 amide bonds. The van der Waals surface area contributed by atoms with Crippen molar-refractivity contribution in [1.29, 1.82) is 0 Å². The van der Waals surface area contributed by atoms with Crippen LogP contribution >= 0.6 is 11.6 Å². The molecule has 2 N–H and O–H groups in total. The van der Waals surface area contributed by atoms with Gasteiger partial charge in [0.05, 0.1) is 18.2 Å². The van der Waals surface area contributed by atoms with Crippen LogP contribution in [-0.2, 0) is 4.79 Å². The second-order valence-electron chi connectivity index (χ2n) is 7.30. The van der Waals surface area contributed by atoms with Crippen LogP contribution in [0.1, 0.15) is 69.2 Å². The fourth-order valence-electron chi connectivity index (χ4n) is 3.39. The molecule has 0 aromatic heterocycles. The minimum absolute atomic E-state index is 0.0919. The quantitative estimate of drug-likeness (QED) is 0.518. The number of hydrogen-bond donors (Lipinski definition) is 2. The molecule has 0 bridgehead atoms. The van der Waals surface area contributed by atoms with E-state index in [2.05, 4.69) is 17.6 Å². The molecular formula is C22H33ClN2O4. The third-order valence-corrected chi connectivity index (χ3v) is 5.28. The van der Waals surface area contributed by atoms with Crippen molar-refractivity contribution < 1.29 is 19.1 Å². The van der Waals surface area contributed by atoms with Crippen molar-refractivity contribution in [3.05, 3.63) is 22.7 Å². The first-order chi connectivity index (χ1) is 14.1. The van der Waals surface area contributed by atoms with Gasteiger partial charge >= 0.3 is 0 Å². The van der Waals surface area contributed by atoms with Crippen molar-refractivity contribution in [2.24, 2.45) is 5.92 Å². The van der Waals surface area contributed by atoms with Gasteiger partial charge in [0.1, 0.15) is 0 Å². The Bertz CT molecular complexity index is 675. The van der Waals surface area contributed by atoms with E-state index in [0.29, 0.717) is 48.4 Å². The van der Waals surface area contributed by atoms with E-state index in [-0.39, 0.29) is 17.7 Å². The van der Waals surface area contributed by atoms with Crippen molar-refractivity contribution in [3.63, 3.8) is 0 Å². The van der Waals surface area contributed by atoms with Crippen molar-refractivity contribution in [2.75, 3.05) is 26.3 Å². The number of rotatable bonds is 11. The largest absolute Gasteiger partial charge is 0.490 e. The molecule has 0 radical (unpaired) electrons. The maximum absolute atomic E-state index is 12.5. The van der Waals surface area contributed by atoms with E-state index in [1.54, 1.807) is 12.1 Å². The van der Waals surface area contributed by atoms with Gasteiger partial charge in [0, 0.05) is 24.6 Å². The second kappa shape index (κ2) is 12.6. The average Bonchev–Trinajstić information content (AvgIpc) is 2.73. The molecule has 1 aromatic rings. The standard InChI is InChI=1S/C22H33ClN2O4/c1-3-5-13-29-20-18(23)14-17(15-19(20)28-4-2)22(27)25-12-11-24-21(26)16-9-7-6-8-10-16/h14-16H,3-13H2,1-2H3,(H,24,26)(H,25,27). The monoisotopic (exact) mass is 424 g/mol. The van der Waals surface area contributed by atoms with Gasteiger partial charge in [-0.2, -0.15) is 0 Å². The minimum Gasteiger partial charge on any atom is -0.490 e. The van der Waals surface area contributed by atoms with Gasteiger partial charge in [0.15, 0.2) is 11.5 Å². The lowest BCUT2D eigenvalue weighted by molar-refractivity contribution is -0.125. The number of carbonyl (C=O) groups excluding carboxylic acids is 2. The maximum atomic E-state index is 12.5. The van der Waals surface area contributed by atoms with Gasteiger partial charge in [-0.25, -0.2) is 0 Å². The molecule has 0 atom stereocenters. The van der Waals surface area contributed by atoms with E-state index < -0.39 is 0 Å². The van der Waals surface area contributed by atoms with E-state index in [1.165, 1.54) is 6.42 Å². The smallest absolute Gasteiger partial charge is 0.251 e. The Labute approximate surface area is 178 Å². The molecule has 7 heteroatoms. The predicted molar refractivity (Wildman–Crippen MR) is 115 cm³/mol. The van der Waals surface area contributed by atoms with Crippen LogP contribution in [0.15, 0.2) is 12.1 Å². The first-order valence-electron chi connectivity index (χ1n) is 10.7. The van der Waals surface area contributed by atoms with Crippen LogP contribution in [0.2, 0.25) is 5.02 Å². The number of nitrogens with one attached hydrogen (secondary N) is 2. The highest BCUT2D eigenvalue weighted by atomic mass is 35.5. The molecule has 0 heterocycles. The first-order valence-corrected chi connectivity index (χ1v) is 11.1. The van der Waals surface area contributed by atoms with Crippen LogP contribution in [0.3, 0.4) is 0 Å². The molecule has 162 valence electrons. The SMILES string of the molecule is CCCCOc1c(Cl)cc(C(=O)NCCNC(=O)C2CCCCC2)cc1OCC. The van der Waals surface area contributed by atoms with Crippen LogP contribution < -0.4 is 20.1 Å². The molecule has 1 saturated carbocycles. The number of amides is 2. The summed E-state index contributed by atoms with van der Waals surface area (Å²) in [4.78, 5) is 24.6. The third-order valence-electron chi connectivity index (χ3n) is 5.00. The van der Waals surface area contributed by atoms with E-state index in [0.717, 1.165) is 38.5 Å². The average molecular weight is 425 g/mol. The van der Waals surface area contributed by atoms with Gasteiger partial charge in [-0.1, -0.05) is 44.2 Å². The summed E-state index contributed by atoms with van der Waals surface area (Å²) in [6.07, 6.45) is 7.31. The number of benzene rings is 1. The summed E-state index contributed by atoms with van der Waals surface area (Å²) in [5.41, 5.74) is 0.403. The van der Waals surface area contributed by atoms with E-state index in [4.69, 9.17) is 21.1 Å². The zero-order valence-corrected chi connectivity index (χ0v) is 18.3. The third kappa shape index (κ3) is 7.42. The molecule has 1 aromatic carbocycles. The molecule has 0 saturated heterocycles. The van der Waals surface area contributed by atoms with Crippen LogP contribution in [0.4, 0.5) is 0 Å². The lowest BCUT2D eigenvalue weighted by atomic mass is 9.89. The fraction of sp³-hybridized carbons (Fsp3) is 0.636. The van der Waals surface area contributed by atoms with E-state index >= 15 is 0 Å². The predicted octanol–water partition coefficient (Wildman–Crippen LogP) is 4.34. The lowest BCUT2D eigenvalue weighted by Crippen LogP contribution is -2.38. The molecule has 0 spiro atoms. The summed E-state index contributed by atoms with van der Waals surface area (Å²) >= 11 is 6.34. The molecule has 6 nitrogen and oxygen atoms in total. The Morgan fingerprint density at radius 3 is 2.48 bits per heavy atom. The van der Waals surface area contributed by atoms with Gasteiger partial charge in [0.25, 0.3) is 5.91 Å². The number of carbonyl (C=O) groups is 2. The molecule has 1 aliphatic carbocycles. The highest BCUT2D eigenvalue weighted by Gasteiger charge is 2.20. The highest BCUT2D eigenvalue weighted by molar-refractivity contribution is 6.32.